The van der Waals surface area contributed by atoms with E-state index in [0.29, 0.717) is 19.3 Å². The second kappa shape index (κ2) is 24.4. The molecule has 0 bridgehead atoms. The summed E-state index contributed by atoms with van der Waals surface area (Å²) in [5.74, 6) is -4.57. The minimum atomic E-state index is -1.24. The van der Waals surface area contributed by atoms with Crippen LogP contribution in [0.2, 0.25) is 0 Å². The molecule has 0 aromatic rings. The molecule has 1 heterocycles. The highest BCUT2D eigenvalue weighted by Crippen LogP contribution is 2.29. The highest BCUT2D eigenvalue weighted by Gasteiger charge is 2.43. The maximum Gasteiger partial charge on any atom is 0.317 e. The van der Waals surface area contributed by atoms with Crippen LogP contribution in [0.3, 0.4) is 0 Å². The lowest BCUT2D eigenvalue weighted by atomic mass is 9.88. The summed E-state index contributed by atoms with van der Waals surface area (Å²) in [4.78, 5) is 67.1. The second-order valence-electron chi connectivity index (χ2n) is 13.2. The van der Waals surface area contributed by atoms with Gasteiger partial charge < -0.3 is 25.3 Å². The molecule has 0 spiro atoms. The zero-order chi connectivity index (χ0) is 35.1. The van der Waals surface area contributed by atoms with Crippen LogP contribution in [-0.4, -0.2) is 141 Å². The van der Waals surface area contributed by atoms with Crippen LogP contribution in [0.15, 0.2) is 0 Å². The molecule has 47 heavy (non-hydrogen) atoms. The van der Waals surface area contributed by atoms with Crippen molar-refractivity contribution in [1.29, 1.82) is 0 Å². The van der Waals surface area contributed by atoms with Crippen LogP contribution in [0, 0.1) is 0 Å². The van der Waals surface area contributed by atoms with E-state index in [1.807, 2.05) is 4.90 Å². The molecule has 0 aromatic carbocycles. The van der Waals surface area contributed by atoms with Crippen molar-refractivity contribution in [3.8, 4) is 0 Å². The Bertz CT molecular complexity index is 891. The molecule has 0 aliphatic carbocycles. The van der Waals surface area contributed by atoms with Crippen LogP contribution in [0.5, 0.6) is 0 Å². The fraction of sp³-hybridized carbons (Fsp3) is 0.853. The summed E-state index contributed by atoms with van der Waals surface area (Å²) in [6.45, 7) is 4.53. The van der Waals surface area contributed by atoms with Gasteiger partial charge >= 0.3 is 23.9 Å². The van der Waals surface area contributed by atoms with Gasteiger partial charge in [-0.25, -0.2) is 0 Å². The third-order valence-electron chi connectivity index (χ3n) is 9.01. The number of nitrogens with zero attached hydrogens (tertiary/aromatic N) is 4. The van der Waals surface area contributed by atoms with Crippen molar-refractivity contribution < 1.29 is 44.4 Å². The molecule has 1 aliphatic rings. The van der Waals surface area contributed by atoms with E-state index in [2.05, 4.69) is 13.8 Å². The van der Waals surface area contributed by atoms with Gasteiger partial charge in [0.25, 0.3) is 0 Å². The molecular weight excluding hydrogens is 608 g/mol. The van der Waals surface area contributed by atoms with Crippen molar-refractivity contribution in [1.82, 2.24) is 19.6 Å². The molecule has 0 unspecified atom stereocenters. The number of carbonyl (C=O) groups is 5. The molecule has 0 aromatic heterocycles. The molecule has 0 atom stereocenters. The first-order chi connectivity index (χ1) is 22.4. The number of carboxylic acid groups (broad SMARTS) is 4. The van der Waals surface area contributed by atoms with Gasteiger partial charge in [0.05, 0.1) is 26.2 Å². The van der Waals surface area contributed by atoms with E-state index in [0.717, 1.165) is 51.6 Å². The van der Waals surface area contributed by atoms with E-state index in [-0.39, 0.29) is 51.6 Å². The second-order valence-corrected chi connectivity index (χ2v) is 13.2. The summed E-state index contributed by atoms with van der Waals surface area (Å²) < 4.78 is 0. The number of hydrogen-bond acceptors (Lipinski definition) is 8. The van der Waals surface area contributed by atoms with E-state index in [1.54, 1.807) is 9.80 Å². The van der Waals surface area contributed by atoms with E-state index in [1.165, 1.54) is 43.4 Å². The summed E-state index contributed by atoms with van der Waals surface area (Å²) in [6, 6.07) is 0. The molecule has 1 amide bonds. The Morgan fingerprint density at radius 2 is 1.00 bits per heavy atom. The molecule has 1 rings (SSSR count). The van der Waals surface area contributed by atoms with Gasteiger partial charge in [-0.15, -0.1) is 0 Å². The number of rotatable bonds is 28. The Morgan fingerprint density at radius 3 is 1.40 bits per heavy atom. The van der Waals surface area contributed by atoms with Crippen molar-refractivity contribution in [3.05, 3.63) is 0 Å². The van der Waals surface area contributed by atoms with Gasteiger partial charge in [-0.05, 0) is 25.7 Å². The maximum atomic E-state index is 13.4. The Morgan fingerprint density at radius 1 is 0.574 bits per heavy atom. The standard InChI is InChI=1S/C34H62N4O9/c1-3-5-7-9-11-15-19-37(20-16-12-10-8-6-4-2)29(39)17-13-14-18-34(38(25-32(44)45)26-33(46)47)27-35(23-30(40)41)21-22-36(28-34)24-31(42)43/h3-28H2,1-2H3,(H,40,41)(H,42,43)(H,44,45)(H,46,47). The first-order valence-corrected chi connectivity index (χ1v) is 17.8. The largest absolute Gasteiger partial charge is 0.480 e. The molecule has 0 radical (unpaired) electrons. The van der Waals surface area contributed by atoms with Crippen molar-refractivity contribution in [2.24, 2.45) is 0 Å². The first kappa shape index (κ1) is 42.3. The van der Waals surface area contributed by atoms with Gasteiger partial charge in [0, 0.05) is 51.2 Å². The summed E-state index contributed by atoms with van der Waals surface area (Å²) in [5.41, 5.74) is -1.15. The number of amides is 1. The Balaban J connectivity index is 3.08. The lowest BCUT2D eigenvalue weighted by Crippen LogP contribution is -2.62. The summed E-state index contributed by atoms with van der Waals surface area (Å²) in [5, 5.41) is 38.5. The van der Waals surface area contributed by atoms with Crippen LogP contribution in [-0.2, 0) is 24.0 Å². The maximum absolute atomic E-state index is 13.4. The van der Waals surface area contributed by atoms with Crippen molar-refractivity contribution in [3.63, 3.8) is 0 Å². The van der Waals surface area contributed by atoms with Crippen LogP contribution in [0.25, 0.3) is 0 Å². The van der Waals surface area contributed by atoms with Gasteiger partial charge in [0.1, 0.15) is 0 Å². The highest BCUT2D eigenvalue weighted by atomic mass is 16.4. The fourth-order valence-corrected chi connectivity index (χ4v) is 6.63. The van der Waals surface area contributed by atoms with Crippen LogP contribution in [0.1, 0.15) is 117 Å². The zero-order valence-corrected chi connectivity index (χ0v) is 29.0. The summed E-state index contributed by atoms with van der Waals surface area (Å²) in [6.07, 6.45) is 15.2. The Labute approximate surface area is 281 Å². The SMILES string of the molecule is CCCCCCCCN(CCCCCCCC)C(=O)CCCCC1(N(CC(=O)O)CC(=O)O)CN(CC(=O)O)CCN(CC(=O)O)C1. The topological polar surface area (TPSA) is 179 Å². The van der Waals surface area contributed by atoms with Crippen LogP contribution in [0.4, 0.5) is 0 Å². The van der Waals surface area contributed by atoms with Crippen molar-refractivity contribution in [2.75, 3.05) is 65.4 Å². The van der Waals surface area contributed by atoms with Gasteiger partial charge in [-0.3, -0.25) is 38.7 Å². The third-order valence-corrected chi connectivity index (χ3v) is 9.01. The normalized spacial score (nSPS) is 15.4. The summed E-state index contributed by atoms with van der Waals surface area (Å²) in [7, 11) is 0. The van der Waals surface area contributed by atoms with Crippen LogP contribution < -0.4 is 0 Å². The van der Waals surface area contributed by atoms with E-state index in [4.69, 9.17) is 0 Å². The Kier molecular flexibility index (Phi) is 21.9. The summed E-state index contributed by atoms with van der Waals surface area (Å²) >= 11 is 0. The predicted molar refractivity (Wildman–Crippen MR) is 180 cm³/mol. The molecular formula is C34H62N4O9. The molecule has 1 saturated heterocycles. The molecule has 13 heteroatoms. The van der Waals surface area contributed by atoms with Gasteiger partial charge in [-0.2, -0.15) is 0 Å². The molecule has 13 nitrogen and oxygen atoms in total. The molecule has 0 saturated carbocycles. The highest BCUT2D eigenvalue weighted by molar-refractivity contribution is 5.76. The number of carboxylic acids is 4. The monoisotopic (exact) mass is 670 g/mol. The lowest BCUT2D eigenvalue weighted by molar-refractivity contribution is -0.148. The first-order valence-electron chi connectivity index (χ1n) is 17.8. The molecule has 4 N–H and O–H groups in total. The smallest absolute Gasteiger partial charge is 0.317 e. The number of unbranched alkanes of at least 4 members (excludes halogenated alkanes) is 11. The fourth-order valence-electron chi connectivity index (χ4n) is 6.63. The van der Waals surface area contributed by atoms with E-state index < -0.39 is 42.5 Å². The number of carbonyl (C=O) groups excluding carboxylic acids is 1. The Hall–Kier alpha value is -2.77. The van der Waals surface area contributed by atoms with Crippen molar-refractivity contribution in [2.45, 2.75) is 122 Å². The predicted octanol–water partition coefficient (Wildman–Crippen LogP) is 4.09. The lowest BCUT2D eigenvalue weighted by Gasteiger charge is -2.45. The average molecular weight is 671 g/mol. The quantitative estimate of drug-likeness (QED) is 0.0878. The molecule has 272 valence electrons. The van der Waals surface area contributed by atoms with Gasteiger partial charge in [0.2, 0.25) is 5.91 Å². The average Bonchev–Trinajstić information content (AvgIpc) is 3.15. The van der Waals surface area contributed by atoms with Gasteiger partial charge in [0.15, 0.2) is 0 Å². The van der Waals surface area contributed by atoms with E-state index in [9.17, 15) is 44.4 Å². The molecule has 1 aliphatic heterocycles. The van der Waals surface area contributed by atoms with Crippen LogP contribution >= 0.6 is 0 Å². The van der Waals surface area contributed by atoms with E-state index >= 15 is 0 Å². The molecule has 1 fully saturated rings. The van der Waals surface area contributed by atoms with Crippen molar-refractivity contribution >= 4 is 29.8 Å². The third kappa shape index (κ3) is 19.0. The minimum absolute atomic E-state index is 0.0616. The van der Waals surface area contributed by atoms with Gasteiger partial charge in [-0.1, -0.05) is 84.5 Å². The number of aliphatic carboxylic acids is 4. The number of hydrogen-bond donors (Lipinski definition) is 4. The zero-order valence-electron chi connectivity index (χ0n) is 29.0. The minimum Gasteiger partial charge on any atom is -0.480 e.